The van der Waals surface area contributed by atoms with E-state index < -0.39 is 0 Å². The Morgan fingerprint density at radius 3 is 2.89 bits per heavy atom. The number of ether oxygens (including phenoxy) is 1. The maximum absolute atomic E-state index is 5.09. The second kappa shape index (κ2) is 6.73. The van der Waals surface area contributed by atoms with Gasteiger partial charge in [0.25, 0.3) is 0 Å². The molecule has 0 unspecified atom stereocenters. The molecule has 0 bridgehead atoms. The van der Waals surface area contributed by atoms with Gasteiger partial charge >= 0.3 is 0 Å². The maximum atomic E-state index is 5.09. The summed E-state index contributed by atoms with van der Waals surface area (Å²) in [7, 11) is 1.73. The zero-order chi connectivity index (χ0) is 13.7. The molecule has 0 saturated heterocycles. The first-order valence-electron chi connectivity index (χ1n) is 6.49. The van der Waals surface area contributed by atoms with Crippen molar-refractivity contribution in [3.63, 3.8) is 0 Å². The highest BCUT2D eigenvalue weighted by molar-refractivity contribution is 7.08. The van der Waals surface area contributed by atoms with E-state index in [0.717, 1.165) is 37.8 Å². The lowest BCUT2D eigenvalue weighted by molar-refractivity contribution is 0.190. The number of nitrogens with zero attached hydrogens (tertiary/aromatic N) is 2. The summed E-state index contributed by atoms with van der Waals surface area (Å²) in [6.07, 6.45) is 3.08. The van der Waals surface area contributed by atoms with Crippen molar-refractivity contribution in [3.05, 3.63) is 33.8 Å². The van der Waals surface area contributed by atoms with Crippen LogP contribution in [0, 0.1) is 13.8 Å². The smallest absolute Gasteiger partial charge is 0.203 e. The van der Waals surface area contributed by atoms with Gasteiger partial charge in [0.15, 0.2) is 0 Å². The lowest BCUT2D eigenvalue weighted by Crippen LogP contribution is -2.08. The number of aryl methyl sites for hydroxylation is 3. The number of hydrogen-bond donors (Lipinski definition) is 1. The molecule has 4 nitrogen and oxygen atoms in total. The average Bonchev–Trinajstić information content (AvgIpc) is 2.94. The van der Waals surface area contributed by atoms with Crippen molar-refractivity contribution in [2.75, 3.05) is 19.0 Å². The van der Waals surface area contributed by atoms with Gasteiger partial charge in [0.1, 0.15) is 0 Å². The molecule has 2 rings (SSSR count). The summed E-state index contributed by atoms with van der Waals surface area (Å²) in [6.45, 7) is 6.70. The van der Waals surface area contributed by atoms with Crippen LogP contribution < -0.4 is 5.32 Å². The Bertz CT molecular complexity index is 518. The molecule has 2 aromatic rings. The van der Waals surface area contributed by atoms with E-state index in [-0.39, 0.29) is 0 Å². The Balaban J connectivity index is 1.97. The van der Waals surface area contributed by atoms with E-state index in [1.54, 1.807) is 18.4 Å². The molecule has 19 heavy (non-hydrogen) atoms. The van der Waals surface area contributed by atoms with Crippen LogP contribution in [0.3, 0.4) is 0 Å². The van der Waals surface area contributed by atoms with Crippen LogP contribution in [0.15, 0.2) is 17.0 Å². The van der Waals surface area contributed by atoms with Crippen LogP contribution in [0.25, 0.3) is 0 Å². The van der Waals surface area contributed by atoms with Gasteiger partial charge in [0, 0.05) is 33.0 Å². The van der Waals surface area contributed by atoms with Gasteiger partial charge in [-0.3, -0.25) is 0 Å². The van der Waals surface area contributed by atoms with Crippen molar-refractivity contribution in [3.8, 4) is 0 Å². The van der Waals surface area contributed by atoms with Gasteiger partial charge in [-0.1, -0.05) is 0 Å². The summed E-state index contributed by atoms with van der Waals surface area (Å²) in [6, 6.07) is 0. The van der Waals surface area contributed by atoms with E-state index in [0.29, 0.717) is 0 Å². The fourth-order valence-electron chi connectivity index (χ4n) is 1.98. The molecule has 2 heterocycles. The molecule has 0 amide bonds. The Morgan fingerprint density at radius 1 is 1.37 bits per heavy atom. The van der Waals surface area contributed by atoms with Crippen molar-refractivity contribution in [1.29, 1.82) is 0 Å². The molecule has 0 aliphatic rings. The van der Waals surface area contributed by atoms with Gasteiger partial charge in [0.05, 0.1) is 5.69 Å². The summed E-state index contributed by atoms with van der Waals surface area (Å²) >= 11 is 1.74. The third-order valence-electron chi connectivity index (χ3n) is 3.04. The van der Waals surface area contributed by atoms with Gasteiger partial charge in [-0.2, -0.15) is 11.3 Å². The first kappa shape index (κ1) is 14.1. The second-order valence-corrected chi connectivity index (χ2v) is 5.42. The number of imidazole rings is 1. The summed E-state index contributed by atoms with van der Waals surface area (Å²) in [5, 5.41) is 7.78. The molecule has 0 aromatic carbocycles. The summed E-state index contributed by atoms with van der Waals surface area (Å²) < 4.78 is 7.25. The topological polar surface area (TPSA) is 39.1 Å². The predicted molar refractivity (Wildman–Crippen MR) is 79.8 cm³/mol. The minimum absolute atomic E-state index is 0.778. The number of anilines is 1. The molecule has 5 heteroatoms. The van der Waals surface area contributed by atoms with Crippen LogP contribution >= 0.6 is 11.3 Å². The van der Waals surface area contributed by atoms with Crippen LogP contribution in [0.2, 0.25) is 0 Å². The Kier molecular flexibility index (Phi) is 4.99. The van der Waals surface area contributed by atoms with Crippen molar-refractivity contribution >= 4 is 17.3 Å². The van der Waals surface area contributed by atoms with Crippen LogP contribution in [0.1, 0.15) is 23.2 Å². The highest BCUT2D eigenvalue weighted by Crippen LogP contribution is 2.16. The molecule has 0 atom stereocenters. The van der Waals surface area contributed by atoms with E-state index in [2.05, 4.69) is 38.7 Å². The second-order valence-electron chi connectivity index (χ2n) is 4.68. The van der Waals surface area contributed by atoms with E-state index in [1.165, 1.54) is 11.1 Å². The molecular formula is C14H21N3OS. The normalized spacial score (nSPS) is 10.9. The molecule has 0 radical (unpaired) electrons. The summed E-state index contributed by atoms with van der Waals surface area (Å²) in [5.74, 6) is 0.944. The van der Waals surface area contributed by atoms with Gasteiger partial charge in [-0.05, 0) is 42.2 Å². The number of thiophene rings is 1. The molecule has 0 aliphatic carbocycles. The van der Waals surface area contributed by atoms with Gasteiger partial charge in [0.2, 0.25) is 5.95 Å². The fourth-order valence-corrected chi connectivity index (χ4v) is 2.84. The zero-order valence-corrected chi connectivity index (χ0v) is 12.6. The first-order chi connectivity index (χ1) is 9.20. The monoisotopic (exact) mass is 279 g/mol. The average molecular weight is 279 g/mol. The Labute approximate surface area is 118 Å². The van der Waals surface area contributed by atoms with Crippen LogP contribution in [0.4, 0.5) is 5.95 Å². The first-order valence-corrected chi connectivity index (χ1v) is 7.43. The van der Waals surface area contributed by atoms with Gasteiger partial charge in [-0.15, -0.1) is 0 Å². The number of rotatable bonds is 7. The highest BCUT2D eigenvalue weighted by atomic mass is 32.1. The lowest BCUT2D eigenvalue weighted by Gasteiger charge is -2.09. The quantitative estimate of drug-likeness (QED) is 0.791. The van der Waals surface area contributed by atoms with Gasteiger partial charge in [-0.25, -0.2) is 4.98 Å². The van der Waals surface area contributed by atoms with Crippen LogP contribution in [-0.4, -0.2) is 23.3 Å². The minimum Gasteiger partial charge on any atom is -0.385 e. The highest BCUT2D eigenvalue weighted by Gasteiger charge is 2.06. The van der Waals surface area contributed by atoms with Crippen molar-refractivity contribution in [1.82, 2.24) is 9.55 Å². The predicted octanol–water partition coefficient (Wildman–Crippen LogP) is 3.21. The minimum atomic E-state index is 0.778. The van der Waals surface area contributed by atoms with E-state index in [4.69, 9.17) is 4.74 Å². The molecule has 104 valence electrons. The summed E-state index contributed by atoms with van der Waals surface area (Å²) in [4.78, 5) is 4.53. The van der Waals surface area contributed by atoms with E-state index in [1.807, 2.05) is 6.92 Å². The fraction of sp³-hybridized carbons (Fsp3) is 0.500. The van der Waals surface area contributed by atoms with Crippen LogP contribution in [0.5, 0.6) is 0 Å². The molecule has 0 aliphatic heterocycles. The maximum Gasteiger partial charge on any atom is 0.203 e. The largest absolute Gasteiger partial charge is 0.385 e. The zero-order valence-electron chi connectivity index (χ0n) is 11.8. The molecule has 0 fully saturated rings. The lowest BCUT2D eigenvalue weighted by atomic mass is 10.2. The van der Waals surface area contributed by atoms with Crippen molar-refractivity contribution < 1.29 is 4.74 Å². The molecule has 2 aromatic heterocycles. The van der Waals surface area contributed by atoms with Crippen molar-refractivity contribution in [2.24, 2.45) is 0 Å². The molecule has 1 N–H and O–H groups in total. The number of methoxy groups -OCH3 is 1. The van der Waals surface area contributed by atoms with E-state index >= 15 is 0 Å². The van der Waals surface area contributed by atoms with Gasteiger partial charge < -0.3 is 14.6 Å². The number of hydrogen-bond acceptors (Lipinski definition) is 4. The molecule has 0 spiro atoms. The molecule has 0 saturated carbocycles. The molecular weight excluding hydrogens is 258 g/mol. The Morgan fingerprint density at radius 2 is 2.21 bits per heavy atom. The third-order valence-corrected chi connectivity index (χ3v) is 3.95. The summed E-state index contributed by atoms with van der Waals surface area (Å²) in [5.41, 5.74) is 3.72. The van der Waals surface area contributed by atoms with Crippen LogP contribution in [-0.2, 0) is 17.8 Å². The number of aromatic nitrogens is 2. The number of nitrogens with one attached hydrogen (secondary N) is 1. The Hall–Kier alpha value is -1.33. The van der Waals surface area contributed by atoms with Crippen molar-refractivity contribution in [2.45, 2.75) is 33.4 Å². The SMILES string of the molecule is COCCCn1cc(C)nc1NCc1cscc1C. The van der Waals surface area contributed by atoms with E-state index in [9.17, 15) is 0 Å². The third kappa shape index (κ3) is 3.81. The standard InChI is InChI=1S/C14H21N3OS/c1-11-9-19-10-13(11)7-15-14-16-12(2)8-17(14)5-4-6-18-3/h8-10H,4-7H2,1-3H3,(H,15,16).